The lowest BCUT2D eigenvalue weighted by molar-refractivity contribution is 0.469. The van der Waals surface area contributed by atoms with Crippen molar-refractivity contribution in [2.45, 2.75) is 40.3 Å². The first kappa shape index (κ1) is 11.9. The van der Waals surface area contributed by atoms with Gasteiger partial charge in [0.25, 0.3) is 0 Å². The van der Waals surface area contributed by atoms with E-state index in [0.29, 0.717) is 6.54 Å². The molecule has 0 fully saturated rings. The highest BCUT2D eigenvalue weighted by atomic mass is 16.1. The Balaban J connectivity index is 2.90. The van der Waals surface area contributed by atoms with E-state index in [0.717, 1.165) is 17.9 Å². The summed E-state index contributed by atoms with van der Waals surface area (Å²) in [6, 6.07) is 2.22. The van der Waals surface area contributed by atoms with Crippen molar-refractivity contribution in [3.05, 3.63) is 27.9 Å². The van der Waals surface area contributed by atoms with Gasteiger partial charge in [0, 0.05) is 24.0 Å². The third-order valence-electron chi connectivity index (χ3n) is 2.36. The van der Waals surface area contributed by atoms with Gasteiger partial charge in [-0.3, -0.25) is 4.57 Å². The molecule has 1 aromatic heterocycles. The molecule has 4 heteroatoms. The van der Waals surface area contributed by atoms with Crippen LogP contribution in [0.25, 0.3) is 0 Å². The zero-order valence-corrected chi connectivity index (χ0v) is 9.87. The lowest BCUT2D eigenvalue weighted by atomic mass is 10.3. The monoisotopic (exact) mass is 209 g/mol. The third kappa shape index (κ3) is 3.16. The van der Waals surface area contributed by atoms with Crippen LogP contribution in [0.1, 0.15) is 25.2 Å². The molecule has 0 bridgehead atoms. The van der Waals surface area contributed by atoms with Gasteiger partial charge in [0.1, 0.15) is 0 Å². The second kappa shape index (κ2) is 5.07. The molecule has 0 saturated heterocycles. The Bertz CT molecular complexity index is 384. The lowest BCUT2D eigenvalue weighted by Gasteiger charge is -2.15. The minimum absolute atomic E-state index is 0.155. The topological polar surface area (TPSA) is 46.9 Å². The van der Waals surface area contributed by atoms with Gasteiger partial charge in [0.15, 0.2) is 0 Å². The average Bonchev–Trinajstić information content (AvgIpc) is 2.11. The molecule has 0 saturated carbocycles. The van der Waals surface area contributed by atoms with Gasteiger partial charge in [-0.2, -0.15) is 4.98 Å². The highest BCUT2D eigenvalue weighted by Gasteiger charge is 2.06. The van der Waals surface area contributed by atoms with E-state index in [2.05, 4.69) is 24.1 Å². The molecule has 0 amide bonds. The van der Waals surface area contributed by atoms with Crippen LogP contribution < -0.4 is 11.0 Å². The number of nitrogens with one attached hydrogen (secondary N) is 1. The summed E-state index contributed by atoms with van der Waals surface area (Å²) in [5.41, 5.74) is 1.60. The Labute approximate surface area is 90.3 Å². The van der Waals surface area contributed by atoms with Crippen molar-refractivity contribution in [3.8, 4) is 0 Å². The van der Waals surface area contributed by atoms with E-state index in [-0.39, 0.29) is 11.7 Å². The van der Waals surface area contributed by atoms with Gasteiger partial charge in [0.05, 0.1) is 0 Å². The lowest BCUT2D eigenvalue weighted by Crippen LogP contribution is -2.36. The van der Waals surface area contributed by atoms with Crippen LogP contribution in [-0.4, -0.2) is 22.1 Å². The van der Waals surface area contributed by atoms with Crippen molar-refractivity contribution < 1.29 is 0 Å². The first-order valence-electron chi connectivity index (χ1n) is 5.33. The number of hydrogen-bond donors (Lipinski definition) is 1. The zero-order chi connectivity index (χ0) is 11.4. The molecule has 0 aliphatic rings. The van der Waals surface area contributed by atoms with E-state index in [9.17, 15) is 4.79 Å². The Morgan fingerprint density at radius 1 is 1.53 bits per heavy atom. The maximum absolute atomic E-state index is 11.6. The number of hydrogen-bond acceptors (Lipinski definition) is 3. The molecule has 0 aromatic carbocycles. The molecule has 4 nitrogen and oxygen atoms in total. The molecule has 1 unspecified atom stereocenters. The second-order valence-electron chi connectivity index (χ2n) is 3.89. The van der Waals surface area contributed by atoms with E-state index in [1.54, 1.807) is 4.57 Å². The van der Waals surface area contributed by atoms with Gasteiger partial charge in [-0.1, -0.05) is 6.92 Å². The molecular formula is C11H19N3O. The average molecular weight is 209 g/mol. The molecule has 15 heavy (non-hydrogen) atoms. The first-order valence-corrected chi connectivity index (χ1v) is 5.33. The maximum Gasteiger partial charge on any atom is 0.348 e. The van der Waals surface area contributed by atoms with Gasteiger partial charge < -0.3 is 5.32 Å². The molecule has 1 aromatic rings. The number of nitrogens with zero attached hydrogens (tertiary/aromatic N) is 2. The smallest absolute Gasteiger partial charge is 0.313 e. The predicted molar refractivity (Wildman–Crippen MR) is 61.1 cm³/mol. The van der Waals surface area contributed by atoms with Crippen molar-refractivity contribution in [2.24, 2.45) is 0 Å². The van der Waals surface area contributed by atoms with Crippen LogP contribution in [0.5, 0.6) is 0 Å². The van der Waals surface area contributed by atoms with E-state index in [1.165, 1.54) is 0 Å². The number of likely N-dealkylation sites (N-methyl/N-ethyl adjacent to an activating group) is 1. The van der Waals surface area contributed by atoms with Crippen molar-refractivity contribution >= 4 is 0 Å². The Morgan fingerprint density at radius 3 is 2.73 bits per heavy atom. The third-order valence-corrected chi connectivity index (χ3v) is 2.36. The minimum atomic E-state index is -0.155. The summed E-state index contributed by atoms with van der Waals surface area (Å²) < 4.78 is 1.71. The van der Waals surface area contributed by atoms with E-state index < -0.39 is 0 Å². The first-order chi connectivity index (χ1) is 7.04. The van der Waals surface area contributed by atoms with Crippen LogP contribution in [0.4, 0.5) is 0 Å². The summed E-state index contributed by atoms with van der Waals surface area (Å²) in [5.74, 6) is 0. The van der Waals surface area contributed by atoms with E-state index >= 15 is 0 Å². The van der Waals surface area contributed by atoms with Crippen LogP contribution >= 0.6 is 0 Å². The summed E-state index contributed by atoms with van der Waals surface area (Å²) in [5, 5.41) is 3.28. The van der Waals surface area contributed by atoms with Gasteiger partial charge in [-0.05, 0) is 33.4 Å². The predicted octanol–water partition coefficient (Wildman–Crippen LogP) is 0.858. The Hall–Kier alpha value is -1.16. The molecule has 84 valence electrons. The molecule has 0 spiro atoms. The minimum Gasteiger partial charge on any atom is -0.313 e. The van der Waals surface area contributed by atoms with Gasteiger partial charge in [-0.15, -0.1) is 0 Å². The van der Waals surface area contributed by atoms with Crippen LogP contribution in [0.15, 0.2) is 10.9 Å². The molecule has 0 aliphatic carbocycles. The van der Waals surface area contributed by atoms with Crippen LogP contribution in [0, 0.1) is 13.8 Å². The molecule has 0 radical (unpaired) electrons. The molecule has 0 aliphatic heterocycles. The number of aryl methyl sites for hydroxylation is 2. The highest BCUT2D eigenvalue weighted by molar-refractivity contribution is 5.06. The van der Waals surface area contributed by atoms with E-state index in [4.69, 9.17) is 0 Å². The highest BCUT2D eigenvalue weighted by Crippen LogP contribution is 1.98. The maximum atomic E-state index is 11.6. The van der Waals surface area contributed by atoms with E-state index in [1.807, 2.05) is 19.9 Å². The zero-order valence-electron chi connectivity index (χ0n) is 9.87. The van der Waals surface area contributed by atoms with Gasteiger partial charge >= 0.3 is 5.69 Å². The fraction of sp³-hybridized carbons (Fsp3) is 0.636. The van der Waals surface area contributed by atoms with Crippen molar-refractivity contribution in [3.63, 3.8) is 0 Å². The molecule has 1 N–H and O–H groups in total. The number of rotatable bonds is 4. The number of aromatic nitrogens is 2. The Kier molecular flexibility index (Phi) is 4.03. The normalized spacial score (nSPS) is 12.8. The molecule has 1 heterocycles. The fourth-order valence-corrected chi connectivity index (χ4v) is 1.68. The molecular weight excluding hydrogens is 190 g/mol. The largest absolute Gasteiger partial charge is 0.348 e. The Morgan fingerprint density at radius 2 is 2.20 bits per heavy atom. The standard InChI is InChI=1S/C11H19N3O/c1-5-12-9(3)7-14-10(4)6-8(2)13-11(14)15/h6,9,12H,5,7H2,1-4H3. The summed E-state index contributed by atoms with van der Waals surface area (Å²) in [6.07, 6.45) is 0. The van der Waals surface area contributed by atoms with Crippen LogP contribution in [0.2, 0.25) is 0 Å². The van der Waals surface area contributed by atoms with Crippen LogP contribution in [0.3, 0.4) is 0 Å². The van der Waals surface area contributed by atoms with Crippen molar-refractivity contribution in [1.29, 1.82) is 0 Å². The summed E-state index contributed by atoms with van der Waals surface area (Å²) >= 11 is 0. The van der Waals surface area contributed by atoms with Crippen LogP contribution in [-0.2, 0) is 6.54 Å². The van der Waals surface area contributed by atoms with Gasteiger partial charge in [0.2, 0.25) is 0 Å². The second-order valence-corrected chi connectivity index (χ2v) is 3.89. The van der Waals surface area contributed by atoms with Crippen molar-refractivity contribution in [2.75, 3.05) is 6.54 Å². The quantitative estimate of drug-likeness (QED) is 0.800. The van der Waals surface area contributed by atoms with Gasteiger partial charge in [-0.25, -0.2) is 4.79 Å². The van der Waals surface area contributed by atoms with Crippen molar-refractivity contribution in [1.82, 2.24) is 14.9 Å². The summed E-state index contributed by atoms with van der Waals surface area (Å²) in [7, 11) is 0. The molecule has 1 atom stereocenters. The summed E-state index contributed by atoms with van der Waals surface area (Å²) in [4.78, 5) is 15.6. The fourth-order valence-electron chi connectivity index (χ4n) is 1.68. The molecule has 1 rings (SSSR count). The SMILES string of the molecule is CCNC(C)Cn1c(C)cc(C)nc1=O. The summed E-state index contributed by atoms with van der Waals surface area (Å²) in [6.45, 7) is 9.48.